The molecule has 1 amide bonds. The number of hydrogen-bond donors (Lipinski definition) is 3. The number of amides is 1. The number of hydrogen-bond acceptors (Lipinski definition) is 4. The van der Waals surface area contributed by atoms with Gasteiger partial charge < -0.3 is 11.1 Å². The first-order valence-corrected chi connectivity index (χ1v) is 5.14. The van der Waals surface area contributed by atoms with E-state index in [1.54, 1.807) is 31.0 Å². The van der Waals surface area contributed by atoms with Gasteiger partial charge in [-0.3, -0.25) is 14.6 Å². The summed E-state index contributed by atoms with van der Waals surface area (Å²) in [5.41, 5.74) is 7.64. The fourth-order valence-electron chi connectivity index (χ4n) is 1.56. The Kier molecular flexibility index (Phi) is 2.82. The average Bonchev–Trinajstić information content (AvgIpc) is 2.81. The molecule has 2 aromatic heterocycles. The van der Waals surface area contributed by atoms with Crippen molar-refractivity contribution in [2.75, 3.05) is 5.73 Å². The van der Waals surface area contributed by atoms with E-state index in [0.29, 0.717) is 23.6 Å². The molecule has 0 saturated carbocycles. The van der Waals surface area contributed by atoms with Crippen molar-refractivity contribution in [1.29, 1.82) is 0 Å². The van der Waals surface area contributed by atoms with E-state index in [0.717, 1.165) is 5.56 Å². The van der Waals surface area contributed by atoms with E-state index in [4.69, 9.17) is 5.73 Å². The minimum absolute atomic E-state index is 0.170. The number of carbonyl (C=O) groups is 1. The molecular weight excluding hydrogens is 220 g/mol. The molecule has 0 aliphatic rings. The van der Waals surface area contributed by atoms with Gasteiger partial charge in [-0.2, -0.15) is 10.2 Å². The average molecular weight is 234 g/mol. The zero-order valence-corrected chi connectivity index (χ0v) is 9.69. The smallest absolute Gasteiger partial charge is 0.255 e. The van der Waals surface area contributed by atoms with E-state index in [-0.39, 0.29) is 5.91 Å². The summed E-state index contributed by atoms with van der Waals surface area (Å²) in [6.45, 7) is 2.14. The highest BCUT2D eigenvalue weighted by molar-refractivity contribution is 5.94. The van der Waals surface area contributed by atoms with Crippen LogP contribution in [0.4, 0.5) is 5.82 Å². The van der Waals surface area contributed by atoms with Crippen molar-refractivity contribution in [1.82, 2.24) is 25.3 Å². The van der Waals surface area contributed by atoms with Crippen LogP contribution in [0.15, 0.2) is 12.4 Å². The van der Waals surface area contributed by atoms with Crippen molar-refractivity contribution in [3.63, 3.8) is 0 Å². The minimum atomic E-state index is -0.170. The quantitative estimate of drug-likeness (QED) is 0.693. The summed E-state index contributed by atoms with van der Waals surface area (Å²) in [5, 5.41) is 13.3. The highest BCUT2D eigenvalue weighted by Crippen LogP contribution is 2.07. The highest BCUT2D eigenvalue weighted by Gasteiger charge is 2.12. The van der Waals surface area contributed by atoms with E-state index < -0.39 is 0 Å². The Bertz CT molecular complexity index is 541. The predicted octanol–water partition coefficient (Wildman–Crippen LogP) is -0.0362. The van der Waals surface area contributed by atoms with Crippen LogP contribution in [0.1, 0.15) is 21.6 Å². The number of aromatic nitrogens is 4. The normalized spacial score (nSPS) is 10.5. The number of nitrogens with one attached hydrogen (secondary N) is 2. The van der Waals surface area contributed by atoms with Gasteiger partial charge in [-0.1, -0.05) is 0 Å². The van der Waals surface area contributed by atoms with Crippen LogP contribution in [0, 0.1) is 6.92 Å². The molecule has 0 radical (unpaired) electrons. The minimum Gasteiger partial charge on any atom is -0.384 e. The Morgan fingerprint density at radius 1 is 1.65 bits per heavy atom. The Morgan fingerprint density at radius 2 is 2.41 bits per heavy atom. The Hall–Kier alpha value is -2.31. The maximum Gasteiger partial charge on any atom is 0.255 e. The van der Waals surface area contributed by atoms with Gasteiger partial charge in [0.05, 0.1) is 17.5 Å². The number of nitrogens with two attached hydrogens (primary N) is 1. The summed E-state index contributed by atoms with van der Waals surface area (Å²) in [6.07, 6.45) is 3.27. The Morgan fingerprint density at radius 3 is 2.94 bits per heavy atom. The Labute approximate surface area is 98.0 Å². The van der Waals surface area contributed by atoms with Crippen LogP contribution in [-0.2, 0) is 13.6 Å². The van der Waals surface area contributed by atoms with E-state index in [1.807, 2.05) is 0 Å². The van der Waals surface area contributed by atoms with E-state index in [9.17, 15) is 4.79 Å². The first-order valence-electron chi connectivity index (χ1n) is 5.14. The van der Waals surface area contributed by atoms with Crippen molar-refractivity contribution in [3.8, 4) is 0 Å². The van der Waals surface area contributed by atoms with Crippen LogP contribution in [0.2, 0.25) is 0 Å². The van der Waals surface area contributed by atoms with Gasteiger partial charge in [0.15, 0.2) is 0 Å². The van der Waals surface area contributed by atoms with E-state index in [2.05, 4.69) is 20.6 Å². The summed E-state index contributed by atoms with van der Waals surface area (Å²) >= 11 is 0. The van der Waals surface area contributed by atoms with Gasteiger partial charge in [-0.15, -0.1) is 0 Å². The van der Waals surface area contributed by atoms with E-state index in [1.165, 1.54) is 0 Å². The molecule has 7 heteroatoms. The number of rotatable bonds is 3. The third-order valence-electron chi connectivity index (χ3n) is 2.45. The number of carbonyl (C=O) groups excluding carboxylic acids is 1. The lowest BCUT2D eigenvalue weighted by molar-refractivity contribution is 0.0950. The molecule has 0 atom stereocenters. The molecule has 2 rings (SSSR count). The topological polar surface area (TPSA) is 102 Å². The monoisotopic (exact) mass is 234 g/mol. The van der Waals surface area contributed by atoms with Crippen LogP contribution in [0.3, 0.4) is 0 Å². The third-order valence-corrected chi connectivity index (χ3v) is 2.45. The van der Waals surface area contributed by atoms with Gasteiger partial charge in [0.1, 0.15) is 5.82 Å². The van der Waals surface area contributed by atoms with Gasteiger partial charge in [-0.25, -0.2) is 0 Å². The molecule has 7 nitrogen and oxygen atoms in total. The second kappa shape index (κ2) is 4.28. The lowest BCUT2D eigenvalue weighted by atomic mass is 10.2. The molecule has 2 aromatic rings. The summed E-state index contributed by atoms with van der Waals surface area (Å²) in [5.74, 6) is 0.296. The van der Waals surface area contributed by atoms with Gasteiger partial charge in [0.2, 0.25) is 0 Å². The molecule has 0 unspecified atom stereocenters. The molecule has 0 bridgehead atoms. The summed E-state index contributed by atoms with van der Waals surface area (Å²) < 4.78 is 1.61. The lowest BCUT2D eigenvalue weighted by Gasteiger charge is -2.02. The standard InChI is InChI=1S/C10H14N6O/c1-6-8(5-16(2)15-6)10(17)12-3-7-4-13-14-9(7)11/h4-5H,3H2,1-2H3,(H,12,17)(H3,11,13,14). The molecule has 2 heterocycles. The zero-order valence-electron chi connectivity index (χ0n) is 9.69. The maximum atomic E-state index is 11.8. The first kappa shape index (κ1) is 11.2. The van der Waals surface area contributed by atoms with Crippen molar-refractivity contribution in [3.05, 3.63) is 29.2 Å². The summed E-state index contributed by atoms with van der Waals surface area (Å²) in [4.78, 5) is 11.8. The molecule has 90 valence electrons. The molecule has 4 N–H and O–H groups in total. The van der Waals surface area contributed by atoms with Crippen molar-refractivity contribution in [2.45, 2.75) is 13.5 Å². The molecule has 0 spiro atoms. The fraction of sp³-hybridized carbons (Fsp3) is 0.300. The van der Waals surface area contributed by atoms with Crippen LogP contribution < -0.4 is 11.1 Å². The van der Waals surface area contributed by atoms with Crippen LogP contribution in [0.25, 0.3) is 0 Å². The summed E-state index contributed by atoms with van der Waals surface area (Å²) in [6, 6.07) is 0. The van der Waals surface area contributed by atoms with Crippen LogP contribution in [0.5, 0.6) is 0 Å². The Balaban J connectivity index is 2.03. The lowest BCUT2D eigenvalue weighted by Crippen LogP contribution is -2.23. The number of aromatic amines is 1. The second-order valence-electron chi connectivity index (χ2n) is 3.79. The van der Waals surface area contributed by atoms with Crippen LogP contribution in [-0.4, -0.2) is 25.9 Å². The zero-order chi connectivity index (χ0) is 12.4. The SMILES string of the molecule is Cc1nn(C)cc1C(=O)NCc1cn[nH]c1N. The number of H-pyrrole nitrogens is 1. The van der Waals surface area contributed by atoms with Crippen molar-refractivity contribution < 1.29 is 4.79 Å². The second-order valence-corrected chi connectivity index (χ2v) is 3.79. The molecule has 0 fully saturated rings. The number of nitrogen functional groups attached to an aromatic ring is 1. The number of anilines is 1. The maximum absolute atomic E-state index is 11.8. The van der Waals surface area contributed by atoms with Gasteiger partial charge in [0.25, 0.3) is 5.91 Å². The van der Waals surface area contributed by atoms with Crippen molar-refractivity contribution >= 4 is 11.7 Å². The molecule has 0 saturated heterocycles. The molecular formula is C10H14N6O. The fourth-order valence-corrected chi connectivity index (χ4v) is 1.56. The van der Waals surface area contributed by atoms with Crippen molar-refractivity contribution in [2.24, 2.45) is 7.05 Å². The number of aryl methyl sites for hydroxylation is 2. The molecule has 17 heavy (non-hydrogen) atoms. The van der Waals surface area contributed by atoms with E-state index >= 15 is 0 Å². The van der Waals surface area contributed by atoms with Gasteiger partial charge in [0, 0.05) is 25.4 Å². The van der Waals surface area contributed by atoms with Gasteiger partial charge in [-0.05, 0) is 6.92 Å². The predicted molar refractivity (Wildman–Crippen MR) is 62.1 cm³/mol. The highest BCUT2D eigenvalue weighted by atomic mass is 16.1. The summed E-state index contributed by atoms with van der Waals surface area (Å²) in [7, 11) is 1.78. The van der Waals surface area contributed by atoms with Crippen LogP contribution >= 0.6 is 0 Å². The molecule has 0 aromatic carbocycles. The molecule has 0 aliphatic heterocycles. The first-order chi connectivity index (χ1) is 8.08. The third kappa shape index (κ3) is 2.27. The number of nitrogens with zero attached hydrogens (tertiary/aromatic N) is 3. The molecule has 0 aliphatic carbocycles. The largest absolute Gasteiger partial charge is 0.384 e. The van der Waals surface area contributed by atoms with Gasteiger partial charge >= 0.3 is 0 Å².